The number of aryl methyl sites for hydroxylation is 1. The number of unbranched alkanes of at least 4 members (excludes halogenated alkanes) is 1. The molecular formula is C19H31N3O4S2. The van der Waals surface area contributed by atoms with Gasteiger partial charge in [-0.15, -0.1) is 11.3 Å². The fourth-order valence-electron chi connectivity index (χ4n) is 3.69. The molecule has 158 valence electrons. The molecule has 0 radical (unpaired) electrons. The van der Waals surface area contributed by atoms with Gasteiger partial charge in [0.2, 0.25) is 5.91 Å². The van der Waals surface area contributed by atoms with Gasteiger partial charge in [-0.25, -0.2) is 8.42 Å². The van der Waals surface area contributed by atoms with Crippen LogP contribution in [0.1, 0.15) is 30.6 Å². The van der Waals surface area contributed by atoms with Crippen LogP contribution in [0.25, 0.3) is 0 Å². The molecule has 1 N–H and O–H groups in total. The Hall–Kier alpha value is -1.00. The maximum absolute atomic E-state index is 12.8. The molecule has 1 aromatic heterocycles. The van der Waals surface area contributed by atoms with Crippen LogP contribution in [0.3, 0.4) is 0 Å². The summed E-state index contributed by atoms with van der Waals surface area (Å²) in [5.41, 5.74) is 0. The highest BCUT2D eigenvalue weighted by molar-refractivity contribution is 7.91. The van der Waals surface area contributed by atoms with E-state index in [0.717, 1.165) is 63.4 Å². The number of carbonyl (C=O) groups is 1. The van der Waals surface area contributed by atoms with E-state index in [4.69, 9.17) is 4.74 Å². The molecule has 7 nitrogen and oxygen atoms in total. The highest BCUT2D eigenvalue weighted by Crippen LogP contribution is 2.28. The molecule has 0 aromatic carbocycles. The zero-order valence-corrected chi connectivity index (χ0v) is 18.2. The monoisotopic (exact) mass is 429 g/mol. The second kappa shape index (κ2) is 10.2. The first kappa shape index (κ1) is 21.7. The minimum Gasteiger partial charge on any atom is -0.379 e. The van der Waals surface area contributed by atoms with Gasteiger partial charge in [0.05, 0.1) is 19.1 Å². The summed E-state index contributed by atoms with van der Waals surface area (Å²) >= 11 is 1.29. The molecule has 2 aliphatic heterocycles. The topological polar surface area (TPSA) is 79.0 Å². The third kappa shape index (κ3) is 5.76. The van der Waals surface area contributed by atoms with Crippen LogP contribution in [0.15, 0.2) is 16.3 Å². The molecule has 2 fully saturated rings. The van der Waals surface area contributed by atoms with Gasteiger partial charge in [-0.05, 0) is 51.3 Å². The first-order chi connectivity index (χ1) is 13.5. The minimum atomic E-state index is -3.49. The Morgan fingerprint density at radius 2 is 2.04 bits per heavy atom. The Kier molecular flexibility index (Phi) is 7.87. The molecule has 0 saturated carbocycles. The summed E-state index contributed by atoms with van der Waals surface area (Å²) in [5, 5.41) is 3.00. The SMILES string of the molecule is Cc1ccc(S(=O)(=O)N2CCCC(C(=O)NCCCCN3CCOCC3)C2)s1. The van der Waals surface area contributed by atoms with Crippen LogP contribution in [-0.4, -0.2) is 76.0 Å². The van der Waals surface area contributed by atoms with Gasteiger partial charge in [0.25, 0.3) is 10.0 Å². The summed E-state index contributed by atoms with van der Waals surface area (Å²) < 4.78 is 32.8. The summed E-state index contributed by atoms with van der Waals surface area (Å²) in [4.78, 5) is 15.9. The van der Waals surface area contributed by atoms with Crippen LogP contribution in [0.4, 0.5) is 0 Å². The summed E-state index contributed by atoms with van der Waals surface area (Å²) in [6.07, 6.45) is 3.45. The molecular weight excluding hydrogens is 398 g/mol. The smallest absolute Gasteiger partial charge is 0.252 e. The quantitative estimate of drug-likeness (QED) is 0.636. The van der Waals surface area contributed by atoms with Crippen molar-refractivity contribution in [3.63, 3.8) is 0 Å². The number of rotatable bonds is 8. The summed E-state index contributed by atoms with van der Waals surface area (Å²) in [6, 6.07) is 3.48. The third-order valence-corrected chi connectivity index (χ3v) is 8.70. The van der Waals surface area contributed by atoms with Gasteiger partial charge in [-0.1, -0.05) is 0 Å². The van der Waals surface area contributed by atoms with Crippen LogP contribution in [0.2, 0.25) is 0 Å². The Labute approximate surface area is 172 Å². The molecule has 3 heterocycles. The van der Waals surface area contributed by atoms with Crippen molar-refractivity contribution in [3.8, 4) is 0 Å². The van der Waals surface area contributed by atoms with Crippen LogP contribution in [-0.2, 0) is 19.6 Å². The maximum Gasteiger partial charge on any atom is 0.252 e. The van der Waals surface area contributed by atoms with Gasteiger partial charge in [-0.2, -0.15) is 4.31 Å². The highest BCUT2D eigenvalue weighted by atomic mass is 32.2. The average Bonchev–Trinajstić information content (AvgIpc) is 3.16. The number of ether oxygens (including phenoxy) is 1. The molecule has 2 saturated heterocycles. The molecule has 0 spiro atoms. The molecule has 0 aliphatic carbocycles. The lowest BCUT2D eigenvalue weighted by atomic mass is 9.99. The van der Waals surface area contributed by atoms with E-state index in [1.807, 2.05) is 13.0 Å². The Balaban J connectivity index is 1.41. The predicted octanol–water partition coefficient (Wildman–Crippen LogP) is 1.69. The van der Waals surface area contributed by atoms with E-state index in [0.29, 0.717) is 17.3 Å². The number of amides is 1. The zero-order chi connectivity index (χ0) is 20.0. The molecule has 0 bridgehead atoms. The molecule has 1 amide bonds. The van der Waals surface area contributed by atoms with Gasteiger partial charge in [0.1, 0.15) is 4.21 Å². The normalized spacial score (nSPS) is 22.2. The number of nitrogens with zero attached hydrogens (tertiary/aromatic N) is 2. The number of nitrogens with one attached hydrogen (secondary N) is 1. The van der Waals surface area contributed by atoms with Gasteiger partial charge in [-0.3, -0.25) is 9.69 Å². The summed E-state index contributed by atoms with van der Waals surface area (Å²) in [6.45, 7) is 7.94. The first-order valence-electron chi connectivity index (χ1n) is 10.1. The van der Waals surface area contributed by atoms with Crippen LogP contribution in [0, 0.1) is 12.8 Å². The Bertz CT molecular complexity index is 744. The molecule has 9 heteroatoms. The maximum atomic E-state index is 12.8. The number of hydrogen-bond donors (Lipinski definition) is 1. The van der Waals surface area contributed by atoms with Gasteiger partial charge in [0.15, 0.2) is 0 Å². The van der Waals surface area contributed by atoms with E-state index in [1.54, 1.807) is 6.07 Å². The molecule has 3 rings (SSSR count). The number of sulfonamides is 1. The Morgan fingerprint density at radius 1 is 1.25 bits per heavy atom. The largest absolute Gasteiger partial charge is 0.379 e. The van der Waals surface area contributed by atoms with Crippen molar-refractivity contribution >= 4 is 27.3 Å². The lowest BCUT2D eigenvalue weighted by Gasteiger charge is -2.30. The first-order valence-corrected chi connectivity index (χ1v) is 12.4. The van der Waals surface area contributed by atoms with E-state index in [1.165, 1.54) is 15.6 Å². The van der Waals surface area contributed by atoms with E-state index >= 15 is 0 Å². The third-order valence-electron chi connectivity index (χ3n) is 5.37. The average molecular weight is 430 g/mol. The summed E-state index contributed by atoms with van der Waals surface area (Å²) in [5.74, 6) is -0.280. The molecule has 2 aliphatic rings. The summed E-state index contributed by atoms with van der Waals surface area (Å²) in [7, 11) is -3.49. The number of piperidine rings is 1. The second-order valence-corrected chi connectivity index (χ2v) is 11.0. The van der Waals surface area contributed by atoms with Crippen molar-refractivity contribution in [1.82, 2.24) is 14.5 Å². The standard InChI is InChI=1S/C19H31N3O4S2/c1-16-6-7-18(27-16)28(24,25)22-10-4-5-17(15-22)19(23)20-8-2-3-9-21-11-13-26-14-12-21/h6-7,17H,2-5,8-15H2,1H3,(H,20,23). The van der Waals surface area contributed by atoms with Crippen molar-refractivity contribution < 1.29 is 17.9 Å². The minimum absolute atomic E-state index is 0.0198. The zero-order valence-electron chi connectivity index (χ0n) is 16.6. The van der Waals surface area contributed by atoms with E-state index < -0.39 is 10.0 Å². The van der Waals surface area contributed by atoms with Crippen LogP contribution >= 0.6 is 11.3 Å². The fourth-order valence-corrected chi connectivity index (χ4v) is 6.66. The molecule has 28 heavy (non-hydrogen) atoms. The Morgan fingerprint density at radius 3 is 2.75 bits per heavy atom. The lowest BCUT2D eigenvalue weighted by molar-refractivity contribution is -0.126. The van der Waals surface area contributed by atoms with Crippen molar-refractivity contribution in [3.05, 3.63) is 17.0 Å². The van der Waals surface area contributed by atoms with E-state index in [9.17, 15) is 13.2 Å². The number of hydrogen-bond acceptors (Lipinski definition) is 6. The molecule has 1 atom stereocenters. The predicted molar refractivity (Wildman–Crippen MR) is 110 cm³/mol. The fraction of sp³-hybridized carbons (Fsp3) is 0.737. The van der Waals surface area contributed by atoms with E-state index in [2.05, 4.69) is 10.2 Å². The number of carbonyl (C=O) groups excluding carboxylic acids is 1. The van der Waals surface area contributed by atoms with Crippen molar-refractivity contribution in [2.45, 2.75) is 36.8 Å². The van der Waals surface area contributed by atoms with Crippen molar-refractivity contribution in [1.29, 1.82) is 0 Å². The number of thiophene rings is 1. The number of morpholine rings is 1. The van der Waals surface area contributed by atoms with Gasteiger partial charge < -0.3 is 10.1 Å². The van der Waals surface area contributed by atoms with Crippen LogP contribution < -0.4 is 5.32 Å². The van der Waals surface area contributed by atoms with Gasteiger partial charge in [0, 0.05) is 37.6 Å². The lowest BCUT2D eigenvalue weighted by Crippen LogP contribution is -2.45. The highest BCUT2D eigenvalue weighted by Gasteiger charge is 2.33. The molecule has 1 unspecified atom stereocenters. The van der Waals surface area contributed by atoms with Crippen molar-refractivity contribution in [2.75, 3.05) is 52.5 Å². The van der Waals surface area contributed by atoms with Crippen molar-refractivity contribution in [2.24, 2.45) is 5.92 Å². The molecule has 1 aromatic rings. The van der Waals surface area contributed by atoms with Gasteiger partial charge >= 0.3 is 0 Å². The van der Waals surface area contributed by atoms with E-state index in [-0.39, 0.29) is 18.4 Å². The van der Waals surface area contributed by atoms with Crippen LogP contribution in [0.5, 0.6) is 0 Å². The second-order valence-electron chi connectivity index (χ2n) is 7.52.